The van der Waals surface area contributed by atoms with Crippen LogP contribution in [-0.2, 0) is 44.0 Å². The second-order valence-corrected chi connectivity index (χ2v) is 16.3. The summed E-state index contributed by atoms with van der Waals surface area (Å²) in [5.41, 5.74) is -0.0497. The van der Waals surface area contributed by atoms with Gasteiger partial charge in [-0.25, -0.2) is 30.8 Å². The van der Waals surface area contributed by atoms with Gasteiger partial charge in [0, 0.05) is 56.6 Å². The number of sulfone groups is 2. The molecule has 16 heteroatoms. The molecule has 47 heavy (non-hydrogen) atoms. The van der Waals surface area contributed by atoms with Gasteiger partial charge >= 0.3 is 11.7 Å². The van der Waals surface area contributed by atoms with E-state index < -0.39 is 61.5 Å². The van der Waals surface area contributed by atoms with Gasteiger partial charge in [0.05, 0.1) is 16.2 Å². The molecule has 0 saturated carbocycles. The summed E-state index contributed by atoms with van der Waals surface area (Å²) in [5, 5.41) is 2.86. The highest BCUT2D eigenvalue weighted by molar-refractivity contribution is 7.91. The SMILES string of the molecule is Cc1c(F)cccc1-c1cn(CC(=O)N2CCC(N3CCc4cc(S(C)(=O)=O)ccc4NC3=O)CC2)c(=O)n(CCS(C)(=O)=O)c1=O. The highest BCUT2D eigenvalue weighted by Crippen LogP contribution is 2.27. The number of benzene rings is 2. The number of piperidine rings is 1. The van der Waals surface area contributed by atoms with E-state index in [1.165, 1.54) is 37.4 Å². The molecule has 0 spiro atoms. The minimum absolute atomic E-state index is 0.0431. The molecule has 3 amide bonds. The van der Waals surface area contributed by atoms with Crippen LogP contribution >= 0.6 is 0 Å². The van der Waals surface area contributed by atoms with E-state index in [2.05, 4.69) is 5.32 Å². The number of nitrogens with zero attached hydrogens (tertiary/aromatic N) is 4. The number of likely N-dealkylation sites (tertiary alicyclic amines) is 1. The predicted molar refractivity (Wildman–Crippen MR) is 173 cm³/mol. The summed E-state index contributed by atoms with van der Waals surface area (Å²) in [7, 11) is -6.96. The summed E-state index contributed by atoms with van der Waals surface area (Å²) >= 11 is 0. The molecule has 0 unspecified atom stereocenters. The quantitative estimate of drug-likeness (QED) is 0.373. The van der Waals surface area contributed by atoms with Crippen molar-refractivity contribution in [3.8, 4) is 11.1 Å². The summed E-state index contributed by atoms with van der Waals surface area (Å²) in [5.74, 6) is -1.47. The van der Waals surface area contributed by atoms with Crippen LogP contribution in [0.15, 0.2) is 57.1 Å². The first-order chi connectivity index (χ1) is 22.0. The molecule has 13 nitrogen and oxygen atoms in total. The van der Waals surface area contributed by atoms with E-state index in [1.807, 2.05) is 0 Å². The highest BCUT2D eigenvalue weighted by atomic mass is 32.2. The molecule has 3 heterocycles. The normalized spacial score (nSPS) is 16.0. The minimum Gasteiger partial charge on any atom is -0.341 e. The van der Waals surface area contributed by atoms with Crippen molar-refractivity contribution >= 4 is 37.3 Å². The lowest BCUT2D eigenvalue weighted by Gasteiger charge is -2.38. The fourth-order valence-corrected chi connectivity index (χ4v) is 7.17. The zero-order valence-corrected chi connectivity index (χ0v) is 27.9. The maximum Gasteiger partial charge on any atom is 0.331 e. The smallest absolute Gasteiger partial charge is 0.331 e. The summed E-state index contributed by atoms with van der Waals surface area (Å²) in [6.07, 6.45) is 4.68. The Bertz CT molecular complexity index is 2080. The van der Waals surface area contributed by atoms with Crippen LogP contribution in [0.4, 0.5) is 14.9 Å². The molecule has 252 valence electrons. The number of fused-ring (bicyclic) bond motifs is 1. The summed E-state index contributed by atoms with van der Waals surface area (Å²) in [6.45, 7) is 1.54. The van der Waals surface area contributed by atoms with Gasteiger partial charge in [-0.05, 0) is 67.1 Å². The maximum absolute atomic E-state index is 14.4. The number of amides is 3. The Labute approximate surface area is 271 Å². The van der Waals surface area contributed by atoms with E-state index >= 15 is 0 Å². The molecule has 0 radical (unpaired) electrons. The summed E-state index contributed by atoms with van der Waals surface area (Å²) in [4.78, 5) is 56.7. The standard InChI is InChI=1S/C31H36FN5O8S2/c1-20-24(5-4-6-26(20)32)25-18-35(31(41)37(29(25)39)15-16-46(2,42)43)19-28(38)34-12-10-22(11-13-34)36-14-9-21-17-23(47(3,44)45)7-8-27(21)33-30(36)40/h4-8,17-18,22H,9-16,19H2,1-3H3,(H,33,40). The zero-order chi connectivity index (χ0) is 34.3. The Kier molecular flexibility index (Phi) is 9.46. The lowest BCUT2D eigenvalue weighted by molar-refractivity contribution is -0.133. The molecule has 3 aromatic rings. The number of anilines is 1. The number of rotatable bonds is 8. The van der Waals surface area contributed by atoms with Gasteiger partial charge < -0.3 is 15.1 Å². The first-order valence-electron chi connectivity index (χ1n) is 15.0. The van der Waals surface area contributed by atoms with Crippen molar-refractivity contribution in [3.63, 3.8) is 0 Å². The van der Waals surface area contributed by atoms with Crippen molar-refractivity contribution in [1.29, 1.82) is 0 Å². The lowest BCUT2D eigenvalue weighted by atomic mass is 10.0. The van der Waals surface area contributed by atoms with Gasteiger partial charge in [0.2, 0.25) is 5.91 Å². The number of halogens is 1. The largest absolute Gasteiger partial charge is 0.341 e. The van der Waals surface area contributed by atoms with Crippen LogP contribution in [0.2, 0.25) is 0 Å². The number of hydrogen-bond donors (Lipinski definition) is 1. The van der Waals surface area contributed by atoms with Crippen LogP contribution in [0.3, 0.4) is 0 Å². The van der Waals surface area contributed by atoms with E-state index in [-0.39, 0.29) is 46.7 Å². The number of aromatic nitrogens is 2. The Morgan fingerprint density at radius 1 is 0.979 bits per heavy atom. The van der Waals surface area contributed by atoms with Crippen LogP contribution in [0.5, 0.6) is 0 Å². The number of nitrogens with one attached hydrogen (secondary N) is 1. The third-order valence-corrected chi connectivity index (χ3v) is 10.7. The van der Waals surface area contributed by atoms with Gasteiger partial charge in [0.15, 0.2) is 9.84 Å². The Morgan fingerprint density at radius 3 is 2.34 bits per heavy atom. The molecule has 1 fully saturated rings. The molecule has 2 aliphatic heterocycles. The van der Waals surface area contributed by atoms with Crippen LogP contribution in [0.1, 0.15) is 24.0 Å². The van der Waals surface area contributed by atoms with Gasteiger partial charge in [-0.1, -0.05) is 12.1 Å². The molecule has 1 N–H and O–H groups in total. The van der Waals surface area contributed by atoms with Crippen LogP contribution in [0, 0.1) is 12.7 Å². The molecule has 2 aromatic carbocycles. The molecule has 1 aromatic heterocycles. The van der Waals surface area contributed by atoms with Crippen molar-refractivity contribution in [1.82, 2.24) is 18.9 Å². The van der Waals surface area contributed by atoms with Crippen molar-refractivity contribution in [2.24, 2.45) is 0 Å². The van der Waals surface area contributed by atoms with Gasteiger partial charge in [0.1, 0.15) is 22.2 Å². The first kappa shape index (κ1) is 34.0. The van der Waals surface area contributed by atoms with Gasteiger partial charge in [-0.2, -0.15) is 0 Å². The Morgan fingerprint density at radius 2 is 1.68 bits per heavy atom. The van der Waals surface area contributed by atoms with Crippen LogP contribution in [0.25, 0.3) is 11.1 Å². The van der Waals surface area contributed by atoms with Crippen LogP contribution in [-0.4, -0.2) is 91.6 Å². The van der Waals surface area contributed by atoms with Crippen molar-refractivity contribution < 1.29 is 30.8 Å². The monoisotopic (exact) mass is 689 g/mol. The van der Waals surface area contributed by atoms with E-state index in [0.717, 1.165) is 21.6 Å². The number of urea groups is 1. The van der Waals surface area contributed by atoms with Crippen molar-refractivity contribution in [2.45, 2.75) is 50.2 Å². The second-order valence-electron chi connectivity index (χ2n) is 12.0. The molecule has 0 aliphatic carbocycles. The summed E-state index contributed by atoms with van der Waals surface area (Å²) < 4.78 is 63.9. The van der Waals surface area contributed by atoms with Crippen molar-refractivity contribution in [3.05, 3.63) is 80.4 Å². The second kappa shape index (κ2) is 13.1. The molecule has 0 bridgehead atoms. The Balaban J connectivity index is 1.32. The fraction of sp³-hybridized carbons (Fsp3) is 0.419. The van der Waals surface area contributed by atoms with E-state index in [1.54, 1.807) is 21.9 Å². The first-order valence-corrected chi connectivity index (χ1v) is 18.9. The fourth-order valence-electron chi connectivity index (χ4n) is 5.99. The van der Waals surface area contributed by atoms with E-state index in [0.29, 0.717) is 37.1 Å². The lowest BCUT2D eigenvalue weighted by Crippen LogP contribution is -2.51. The maximum atomic E-state index is 14.4. The molecule has 1 saturated heterocycles. The number of carbonyl (C=O) groups is 2. The van der Waals surface area contributed by atoms with Crippen molar-refractivity contribution in [2.75, 3.05) is 43.2 Å². The molecule has 5 rings (SSSR count). The average molecular weight is 690 g/mol. The molecular weight excluding hydrogens is 654 g/mol. The number of hydrogen-bond acceptors (Lipinski definition) is 8. The average Bonchev–Trinajstić information content (AvgIpc) is 3.16. The third kappa shape index (κ3) is 7.48. The van der Waals surface area contributed by atoms with E-state index in [9.17, 15) is 40.4 Å². The third-order valence-electron chi connectivity index (χ3n) is 8.67. The molecular formula is C31H36FN5O8S2. The van der Waals surface area contributed by atoms with Gasteiger partial charge in [0.25, 0.3) is 5.56 Å². The molecule has 0 atom stereocenters. The highest BCUT2D eigenvalue weighted by Gasteiger charge is 2.32. The predicted octanol–water partition coefficient (Wildman–Crippen LogP) is 1.65. The number of carbonyl (C=O) groups excluding carboxylic acids is 2. The topological polar surface area (TPSA) is 165 Å². The molecule has 2 aliphatic rings. The van der Waals surface area contributed by atoms with Crippen LogP contribution < -0.4 is 16.6 Å². The Hall–Kier alpha value is -4.31. The van der Waals surface area contributed by atoms with Gasteiger partial charge in [-0.3, -0.25) is 18.7 Å². The summed E-state index contributed by atoms with van der Waals surface area (Å²) in [6, 6.07) is 8.27. The zero-order valence-electron chi connectivity index (χ0n) is 26.2. The van der Waals surface area contributed by atoms with E-state index in [4.69, 9.17) is 0 Å². The minimum atomic E-state index is -3.55. The van der Waals surface area contributed by atoms with Gasteiger partial charge in [-0.15, -0.1) is 0 Å².